The summed E-state index contributed by atoms with van der Waals surface area (Å²) in [4.78, 5) is 0. The molecule has 0 radical (unpaired) electrons. The van der Waals surface area contributed by atoms with Gasteiger partial charge in [-0.25, -0.2) is 4.39 Å². The topological polar surface area (TPSA) is 44.5 Å². The van der Waals surface area contributed by atoms with E-state index in [-0.39, 0.29) is 0 Å². The van der Waals surface area contributed by atoms with E-state index in [4.69, 9.17) is 15.2 Å². The summed E-state index contributed by atoms with van der Waals surface area (Å²) in [5, 5.41) is 1.89. The predicted molar refractivity (Wildman–Crippen MR) is 77.6 cm³/mol. The number of hydrogen-bond acceptors (Lipinski definition) is 4. The highest BCUT2D eigenvalue weighted by Gasteiger charge is 2.18. The van der Waals surface area contributed by atoms with Crippen LogP contribution in [0.25, 0.3) is 0 Å². The Morgan fingerprint density at radius 2 is 1.84 bits per heavy atom. The lowest BCUT2D eigenvalue weighted by Crippen LogP contribution is -2.13. The van der Waals surface area contributed by atoms with Gasteiger partial charge in [-0.3, -0.25) is 0 Å². The predicted octanol–water partition coefficient (Wildman–Crippen LogP) is 3.72. The maximum Gasteiger partial charge on any atom is 0.163 e. The second-order valence-corrected chi connectivity index (χ2v) is 6.18. The minimum absolute atomic E-state index is 0.349. The molecule has 3 nitrogen and oxygen atoms in total. The van der Waals surface area contributed by atoms with Crippen molar-refractivity contribution >= 4 is 27.3 Å². The van der Waals surface area contributed by atoms with E-state index in [1.807, 2.05) is 11.4 Å². The van der Waals surface area contributed by atoms with Crippen molar-refractivity contribution in [3.8, 4) is 11.5 Å². The van der Waals surface area contributed by atoms with Gasteiger partial charge in [0.1, 0.15) is 5.82 Å². The number of methoxy groups -OCH3 is 2. The summed E-state index contributed by atoms with van der Waals surface area (Å²) in [6, 6.07) is 4.20. The molecule has 0 bridgehead atoms. The second kappa shape index (κ2) is 5.90. The first kappa shape index (κ1) is 14.3. The summed E-state index contributed by atoms with van der Waals surface area (Å²) < 4.78 is 25.2. The Labute approximate surface area is 123 Å². The molecule has 19 heavy (non-hydrogen) atoms. The summed E-state index contributed by atoms with van der Waals surface area (Å²) in [6.45, 7) is 0. The van der Waals surface area contributed by atoms with Crippen LogP contribution in [0.15, 0.2) is 27.4 Å². The quantitative estimate of drug-likeness (QED) is 0.918. The normalized spacial score (nSPS) is 12.3. The molecule has 102 valence electrons. The van der Waals surface area contributed by atoms with Crippen molar-refractivity contribution in [3.05, 3.63) is 44.3 Å². The number of benzene rings is 1. The third kappa shape index (κ3) is 2.91. The molecule has 1 unspecified atom stereocenters. The Morgan fingerprint density at radius 3 is 2.37 bits per heavy atom. The van der Waals surface area contributed by atoms with Crippen LogP contribution in [-0.2, 0) is 0 Å². The molecule has 0 aliphatic carbocycles. The van der Waals surface area contributed by atoms with E-state index in [0.29, 0.717) is 17.1 Å². The van der Waals surface area contributed by atoms with Crippen molar-refractivity contribution in [1.29, 1.82) is 0 Å². The molecule has 2 N–H and O–H groups in total. The van der Waals surface area contributed by atoms with Crippen molar-refractivity contribution in [2.75, 3.05) is 14.2 Å². The molecular formula is C13H13BrFNO2S. The zero-order valence-electron chi connectivity index (χ0n) is 10.4. The van der Waals surface area contributed by atoms with Crippen LogP contribution in [0.2, 0.25) is 0 Å². The number of rotatable bonds is 4. The summed E-state index contributed by atoms with van der Waals surface area (Å²) in [6.07, 6.45) is 0. The first-order valence-electron chi connectivity index (χ1n) is 5.47. The van der Waals surface area contributed by atoms with Gasteiger partial charge in [-0.05, 0) is 39.0 Å². The zero-order valence-corrected chi connectivity index (χ0v) is 12.8. The summed E-state index contributed by atoms with van der Waals surface area (Å²) >= 11 is 4.88. The van der Waals surface area contributed by atoms with Gasteiger partial charge in [-0.2, -0.15) is 0 Å². The van der Waals surface area contributed by atoms with Gasteiger partial charge in [0.2, 0.25) is 0 Å². The first-order valence-corrected chi connectivity index (χ1v) is 7.15. The molecule has 2 aromatic rings. The molecule has 0 spiro atoms. The van der Waals surface area contributed by atoms with Gasteiger partial charge in [-0.15, -0.1) is 11.3 Å². The molecule has 0 amide bonds. The Morgan fingerprint density at radius 1 is 1.21 bits per heavy atom. The number of thiophene rings is 1. The molecule has 1 aromatic carbocycles. The molecule has 1 aromatic heterocycles. The van der Waals surface area contributed by atoms with Gasteiger partial charge < -0.3 is 15.2 Å². The summed E-state index contributed by atoms with van der Waals surface area (Å²) in [5.41, 5.74) is 7.32. The minimum Gasteiger partial charge on any atom is -0.493 e. The fraction of sp³-hybridized carbons (Fsp3) is 0.231. The molecule has 6 heteroatoms. The van der Waals surface area contributed by atoms with Crippen molar-refractivity contribution in [1.82, 2.24) is 0 Å². The standard InChI is InChI=1S/C13H13BrFNO2S/c1-17-10-4-8(9(15)5-11(10)18-2)13(16)7-3-12(14)19-6-7/h3-6,13H,16H2,1-2H3. The SMILES string of the molecule is COc1cc(F)c(C(N)c2csc(Br)c2)cc1OC. The van der Waals surface area contributed by atoms with Crippen LogP contribution in [0.5, 0.6) is 11.5 Å². The van der Waals surface area contributed by atoms with Crippen molar-refractivity contribution < 1.29 is 13.9 Å². The van der Waals surface area contributed by atoms with E-state index in [1.165, 1.54) is 31.6 Å². The lowest BCUT2D eigenvalue weighted by Gasteiger charge is -2.15. The molecule has 0 aliphatic heterocycles. The largest absolute Gasteiger partial charge is 0.493 e. The molecule has 1 heterocycles. The van der Waals surface area contributed by atoms with Gasteiger partial charge in [0, 0.05) is 11.6 Å². The van der Waals surface area contributed by atoms with Crippen molar-refractivity contribution in [2.24, 2.45) is 5.73 Å². The highest BCUT2D eigenvalue weighted by molar-refractivity contribution is 9.11. The van der Waals surface area contributed by atoms with E-state index in [0.717, 1.165) is 9.35 Å². The van der Waals surface area contributed by atoms with Crippen LogP contribution in [0.3, 0.4) is 0 Å². The van der Waals surface area contributed by atoms with Crippen LogP contribution < -0.4 is 15.2 Å². The Bertz CT molecular complexity index is 588. The molecule has 0 aliphatic rings. The van der Waals surface area contributed by atoms with E-state index in [2.05, 4.69) is 15.9 Å². The van der Waals surface area contributed by atoms with Gasteiger partial charge in [0.25, 0.3) is 0 Å². The average molecular weight is 346 g/mol. The highest BCUT2D eigenvalue weighted by atomic mass is 79.9. The summed E-state index contributed by atoms with van der Waals surface area (Å²) in [7, 11) is 2.97. The fourth-order valence-electron chi connectivity index (χ4n) is 1.77. The van der Waals surface area contributed by atoms with Gasteiger partial charge >= 0.3 is 0 Å². The van der Waals surface area contributed by atoms with Crippen molar-refractivity contribution in [3.63, 3.8) is 0 Å². The number of hydrogen-bond donors (Lipinski definition) is 1. The fourth-order valence-corrected chi connectivity index (χ4v) is 2.99. The van der Waals surface area contributed by atoms with E-state index >= 15 is 0 Å². The molecule has 0 fully saturated rings. The summed E-state index contributed by atoms with van der Waals surface area (Å²) in [5.74, 6) is 0.401. The Kier molecular flexibility index (Phi) is 4.44. The van der Waals surface area contributed by atoms with Gasteiger partial charge in [-0.1, -0.05) is 0 Å². The average Bonchev–Trinajstić information content (AvgIpc) is 2.84. The van der Waals surface area contributed by atoms with Crippen LogP contribution in [0.1, 0.15) is 17.2 Å². The van der Waals surface area contributed by atoms with Gasteiger partial charge in [0.05, 0.1) is 24.0 Å². The lowest BCUT2D eigenvalue weighted by atomic mass is 10.0. The number of nitrogens with two attached hydrogens (primary N) is 1. The lowest BCUT2D eigenvalue weighted by molar-refractivity contribution is 0.351. The van der Waals surface area contributed by atoms with E-state index in [9.17, 15) is 4.39 Å². The third-order valence-electron chi connectivity index (χ3n) is 2.78. The van der Waals surface area contributed by atoms with Crippen molar-refractivity contribution in [2.45, 2.75) is 6.04 Å². The molecular weight excluding hydrogens is 333 g/mol. The second-order valence-electron chi connectivity index (χ2n) is 3.89. The molecule has 0 saturated carbocycles. The van der Waals surface area contributed by atoms with E-state index < -0.39 is 11.9 Å². The number of halogens is 2. The zero-order chi connectivity index (χ0) is 14.0. The number of ether oxygens (including phenoxy) is 2. The van der Waals surface area contributed by atoms with Gasteiger partial charge in [0.15, 0.2) is 11.5 Å². The maximum atomic E-state index is 14.1. The molecule has 0 saturated heterocycles. The van der Waals surface area contributed by atoms with Crippen LogP contribution >= 0.6 is 27.3 Å². The van der Waals surface area contributed by atoms with E-state index in [1.54, 1.807) is 6.07 Å². The monoisotopic (exact) mass is 345 g/mol. The smallest absolute Gasteiger partial charge is 0.163 e. The maximum absolute atomic E-state index is 14.1. The minimum atomic E-state index is -0.539. The Balaban J connectivity index is 2.44. The highest BCUT2D eigenvalue weighted by Crippen LogP contribution is 2.35. The third-order valence-corrected chi connectivity index (χ3v) is 4.31. The van der Waals surface area contributed by atoms with Crippen LogP contribution in [-0.4, -0.2) is 14.2 Å². The Hall–Kier alpha value is -1.11. The molecule has 2 rings (SSSR count). The van der Waals surface area contributed by atoms with Crippen LogP contribution in [0, 0.1) is 5.82 Å². The molecule has 1 atom stereocenters. The van der Waals surface area contributed by atoms with Crippen LogP contribution in [0.4, 0.5) is 4.39 Å². The first-order chi connectivity index (χ1) is 9.06.